The van der Waals surface area contributed by atoms with Crippen LogP contribution in [0.5, 0.6) is 0 Å². The normalized spacial score (nSPS) is 11.6. The Bertz CT molecular complexity index is 2060. The van der Waals surface area contributed by atoms with Gasteiger partial charge in [0.1, 0.15) is 11.6 Å². The van der Waals surface area contributed by atoms with Crippen molar-refractivity contribution >= 4 is 38.0 Å². The Hall–Kier alpha value is -4.63. The summed E-state index contributed by atoms with van der Waals surface area (Å²) in [6.45, 7) is 5.01. The van der Waals surface area contributed by atoms with Crippen LogP contribution in [0.1, 0.15) is 30.3 Å². The minimum absolute atomic E-state index is 0.645. The number of hydrogen-bond donors (Lipinski definition) is 1. The smallest absolute Gasteiger partial charge is 0.180 e. The van der Waals surface area contributed by atoms with Gasteiger partial charge in [-0.25, -0.2) is 15.1 Å². The molecule has 42 heavy (non-hydrogen) atoms. The topological polar surface area (TPSA) is 90.1 Å². The maximum absolute atomic E-state index is 5.14. The zero-order valence-electron chi connectivity index (χ0n) is 23.6. The van der Waals surface area contributed by atoms with Crippen molar-refractivity contribution < 1.29 is 0 Å². The van der Waals surface area contributed by atoms with E-state index in [1.54, 1.807) is 0 Å². The molecule has 8 nitrogen and oxygen atoms in total. The molecule has 3 aromatic heterocycles. The lowest BCUT2D eigenvalue weighted by molar-refractivity contribution is 0.722. The second-order valence-corrected chi connectivity index (χ2v) is 11.6. The lowest BCUT2D eigenvalue weighted by Gasteiger charge is -2.14. The summed E-state index contributed by atoms with van der Waals surface area (Å²) in [5, 5.41) is 14.9. The van der Waals surface area contributed by atoms with Crippen LogP contribution < -0.4 is 0 Å². The number of aryl methyl sites for hydroxylation is 3. The van der Waals surface area contributed by atoms with Crippen molar-refractivity contribution in [3.8, 4) is 33.9 Å². The number of H-pyrrole nitrogens is 1. The summed E-state index contributed by atoms with van der Waals surface area (Å²) < 4.78 is 5.54. The molecule has 208 valence electrons. The fourth-order valence-corrected chi connectivity index (χ4v) is 6.15. The van der Waals surface area contributed by atoms with Gasteiger partial charge in [0.2, 0.25) is 0 Å². The average molecular weight is 618 g/mol. The van der Waals surface area contributed by atoms with Crippen LogP contribution in [0, 0.1) is 6.92 Å². The van der Waals surface area contributed by atoms with E-state index in [-0.39, 0.29) is 0 Å². The summed E-state index contributed by atoms with van der Waals surface area (Å²) in [5.41, 5.74) is 10.7. The first-order valence-electron chi connectivity index (χ1n) is 14.0. The maximum Gasteiger partial charge on any atom is 0.180 e. The van der Waals surface area contributed by atoms with Crippen LogP contribution in [0.2, 0.25) is 0 Å². The zero-order chi connectivity index (χ0) is 28.8. The Morgan fingerprint density at radius 2 is 1.71 bits per heavy atom. The summed E-state index contributed by atoms with van der Waals surface area (Å²) >= 11 is 3.59. The molecule has 9 heteroatoms. The Morgan fingerprint density at radius 3 is 2.50 bits per heavy atom. The second-order valence-electron chi connectivity index (χ2n) is 10.6. The molecule has 7 aromatic rings. The molecule has 0 atom stereocenters. The lowest BCUT2D eigenvalue weighted by atomic mass is 9.97. The van der Waals surface area contributed by atoms with E-state index in [9.17, 15) is 0 Å². The van der Waals surface area contributed by atoms with E-state index in [1.807, 2.05) is 18.2 Å². The Morgan fingerprint density at radius 1 is 0.857 bits per heavy atom. The van der Waals surface area contributed by atoms with Crippen molar-refractivity contribution in [2.75, 3.05) is 0 Å². The number of benzene rings is 4. The van der Waals surface area contributed by atoms with Crippen LogP contribution in [0.25, 0.3) is 56.0 Å². The molecular formula is C33H29BrN8. The van der Waals surface area contributed by atoms with E-state index in [4.69, 9.17) is 9.97 Å². The molecule has 7 rings (SSSR count). The van der Waals surface area contributed by atoms with E-state index < -0.39 is 0 Å². The number of aromatic amines is 1. The molecule has 0 aliphatic rings. The van der Waals surface area contributed by atoms with E-state index >= 15 is 0 Å². The van der Waals surface area contributed by atoms with Crippen LogP contribution in [0.3, 0.4) is 0 Å². The molecule has 0 radical (unpaired) electrons. The third kappa shape index (κ3) is 4.59. The number of nitrogens with zero attached hydrogens (tertiary/aromatic N) is 7. The van der Waals surface area contributed by atoms with E-state index in [2.05, 4.69) is 127 Å². The summed E-state index contributed by atoms with van der Waals surface area (Å²) in [6.07, 6.45) is 1.90. The van der Waals surface area contributed by atoms with Crippen molar-refractivity contribution in [1.29, 1.82) is 0 Å². The quantitative estimate of drug-likeness (QED) is 0.200. The third-order valence-electron chi connectivity index (χ3n) is 7.81. The Labute approximate surface area is 251 Å². The summed E-state index contributed by atoms with van der Waals surface area (Å²) in [5.74, 6) is 2.66. The Kier molecular flexibility index (Phi) is 6.66. The highest BCUT2D eigenvalue weighted by Gasteiger charge is 2.18. The van der Waals surface area contributed by atoms with Crippen molar-refractivity contribution in [1.82, 2.24) is 39.7 Å². The monoisotopic (exact) mass is 616 g/mol. The fourth-order valence-electron chi connectivity index (χ4n) is 5.80. The van der Waals surface area contributed by atoms with Crippen molar-refractivity contribution in [2.45, 2.75) is 33.2 Å². The largest absolute Gasteiger partial charge is 0.327 e. The number of aromatic nitrogens is 8. The number of rotatable bonds is 7. The Balaban J connectivity index is 1.37. The highest BCUT2D eigenvalue weighted by molar-refractivity contribution is 9.10. The van der Waals surface area contributed by atoms with Gasteiger partial charge in [0.05, 0.1) is 22.1 Å². The molecule has 0 spiro atoms. The van der Waals surface area contributed by atoms with Crippen LogP contribution in [-0.4, -0.2) is 39.7 Å². The number of imidazole rings is 2. The van der Waals surface area contributed by atoms with Crippen LogP contribution in [0.15, 0.2) is 83.3 Å². The predicted octanol–water partition coefficient (Wildman–Crippen LogP) is 7.51. The van der Waals surface area contributed by atoms with E-state index in [1.165, 1.54) is 0 Å². The molecule has 3 heterocycles. The van der Waals surface area contributed by atoms with Gasteiger partial charge in [0.15, 0.2) is 5.82 Å². The number of nitrogens with one attached hydrogen (secondary N) is 1. The molecule has 4 aromatic carbocycles. The van der Waals surface area contributed by atoms with Crippen LogP contribution in [-0.2, 0) is 20.0 Å². The number of hydrogen-bond acceptors (Lipinski definition) is 5. The minimum atomic E-state index is 0.645. The summed E-state index contributed by atoms with van der Waals surface area (Å²) in [4.78, 5) is 10.1. The van der Waals surface area contributed by atoms with Gasteiger partial charge in [-0.15, -0.1) is 5.10 Å². The van der Waals surface area contributed by atoms with Gasteiger partial charge in [-0.3, -0.25) is 0 Å². The third-order valence-corrected chi connectivity index (χ3v) is 8.30. The van der Waals surface area contributed by atoms with Gasteiger partial charge in [0, 0.05) is 35.6 Å². The van der Waals surface area contributed by atoms with Gasteiger partial charge in [0.25, 0.3) is 0 Å². The molecule has 0 unspecified atom stereocenters. The predicted molar refractivity (Wildman–Crippen MR) is 170 cm³/mol. The van der Waals surface area contributed by atoms with Gasteiger partial charge in [-0.05, 0) is 82.4 Å². The summed E-state index contributed by atoms with van der Waals surface area (Å²) in [7, 11) is 2.08. The summed E-state index contributed by atoms with van der Waals surface area (Å²) in [6, 6.07) is 27.5. The molecule has 0 aliphatic carbocycles. The first kappa shape index (κ1) is 26.3. The standard InChI is InChI=1S/C33H29BrN8/c1-4-8-30-36-31-20(2)15-23(33-35-27-18-24(34)12-14-28(27)41(33)3)17-29(31)42(30)19-21-11-13-25(22-9-6-5-7-10-22)26(16-21)32-37-39-40-38-32/h5-7,9-18H,4,8,19H2,1-3H3,(H,37,38,39,40). The van der Waals surface area contributed by atoms with Crippen LogP contribution in [0.4, 0.5) is 0 Å². The number of halogens is 1. The van der Waals surface area contributed by atoms with E-state index in [0.29, 0.717) is 12.4 Å². The number of tetrazole rings is 1. The maximum atomic E-state index is 5.14. The lowest BCUT2D eigenvalue weighted by Crippen LogP contribution is -2.06. The number of fused-ring (bicyclic) bond motifs is 2. The molecule has 0 saturated heterocycles. The first-order valence-corrected chi connectivity index (χ1v) is 14.8. The first-order chi connectivity index (χ1) is 20.5. The molecule has 0 amide bonds. The van der Waals surface area contributed by atoms with Crippen molar-refractivity contribution in [2.24, 2.45) is 7.05 Å². The molecule has 0 fully saturated rings. The van der Waals surface area contributed by atoms with Crippen molar-refractivity contribution in [3.63, 3.8) is 0 Å². The molecule has 0 saturated carbocycles. The molecular weight excluding hydrogens is 588 g/mol. The van der Waals surface area contributed by atoms with Gasteiger partial charge in [-0.2, -0.15) is 0 Å². The SMILES string of the molecule is CCCc1nc2c(C)cc(-c3nc4cc(Br)ccc4n3C)cc2n1Cc1ccc(-c2ccccc2)c(-c2nnn[nH]2)c1. The highest BCUT2D eigenvalue weighted by atomic mass is 79.9. The van der Waals surface area contributed by atoms with Crippen LogP contribution >= 0.6 is 15.9 Å². The molecule has 0 aliphatic heterocycles. The van der Waals surface area contributed by atoms with Gasteiger partial charge in [-0.1, -0.05) is 65.3 Å². The fraction of sp³-hybridized carbons (Fsp3) is 0.182. The van der Waals surface area contributed by atoms with E-state index in [0.717, 1.165) is 84.4 Å². The second kappa shape index (κ2) is 10.6. The zero-order valence-corrected chi connectivity index (χ0v) is 25.2. The molecule has 1 N–H and O–H groups in total. The molecule has 0 bridgehead atoms. The minimum Gasteiger partial charge on any atom is -0.327 e. The highest BCUT2D eigenvalue weighted by Crippen LogP contribution is 2.34. The van der Waals surface area contributed by atoms with Gasteiger partial charge < -0.3 is 9.13 Å². The van der Waals surface area contributed by atoms with Crippen molar-refractivity contribution in [3.05, 3.63) is 100 Å². The van der Waals surface area contributed by atoms with Gasteiger partial charge >= 0.3 is 0 Å². The average Bonchev–Trinajstić information content (AvgIpc) is 3.73.